The molecule has 4 rings (SSSR count). The minimum absolute atomic E-state index is 0.156. The first-order valence-corrected chi connectivity index (χ1v) is 11.7. The average Bonchev–Trinajstić information content (AvgIpc) is 2.79. The lowest BCUT2D eigenvalue weighted by atomic mass is 10.1. The van der Waals surface area contributed by atoms with E-state index in [0.29, 0.717) is 23.7 Å². The Morgan fingerprint density at radius 2 is 1.69 bits per heavy atom. The number of sulfonamides is 1. The van der Waals surface area contributed by atoms with E-state index < -0.39 is 10.0 Å². The van der Waals surface area contributed by atoms with Crippen LogP contribution in [-0.2, 0) is 21.4 Å². The SMILES string of the molecule is NN=C(N)c1ccc(CN2CCN(S(=O)(=O)c3ccc4cc(Cl)ccc4c3)CC2=O)cc1. The normalized spacial score (nSPS) is 16.0. The van der Waals surface area contributed by atoms with Crippen molar-refractivity contribution in [3.8, 4) is 0 Å². The Kier molecular flexibility index (Phi) is 6.05. The van der Waals surface area contributed by atoms with E-state index in [1.54, 1.807) is 53.4 Å². The van der Waals surface area contributed by atoms with Crippen LogP contribution in [0.2, 0.25) is 5.02 Å². The summed E-state index contributed by atoms with van der Waals surface area (Å²) < 4.78 is 27.5. The van der Waals surface area contributed by atoms with Gasteiger partial charge in [-0.25, -0.2) is 8.42 Å². The number of hydrogen-bond donors (Lipinski definition) is 2. The van der Waals surface area contributed by atoms with Crippen LogP contribution in [0.5, 0.6) is 0 Å². The monoisotopic (exact) mass is 471 g/mol. The van der Waals surface area contributed by atoms with Gasteiger partial charge in [-0.3, -0.25) is 4.79 Å². The highest BCUT2D eigenvalue weighted by molar-refractivity contribution is 7.89. The van der Waals surface area contributed by atoms with E-state index in [0.717, 1.165) is 16.3 Å². The van der Waals surface area contributed by atoms with Gasteiger partial charge in [0.1, 0.15) is 5.84 Å². The lowest BCUT2D eigenvalue weighted by Gasteiger charge is -2.33. The van der Waals surface area contributed by atoms with Gasteiger partial charge in [0.25, 0.3) is 0 Å². The molecule has 32 heavy (non-hydrogen) atoms. The third kappa shape index (κ3) is 4.40. The molecule has 3 aromatic rings. The van der Waals surface area contributed by atoms with Gasteiger partial charge in [0.05, 0.1) is 11.4 Å². The number of benzene rings is 3. The maximum absolute atomic E-state index is 13.1. The second kappa shape index (κ2) is 8.78. The van der Waals surface area contributed by atoms with Gasteiger partial charge >= 0.3 is 0 Å². The van der Waals surface area contributed by atoms with E-state index in [9.17, 15) is 13.2 Å². The van der Waals surface area contributed by atoms with Crippen molar-refractivity contribution in [2.75, 3.05) is 19.6 Å². The van der Waals surface area contributed by atoms with Gasteiger partial charge in [0.2, 0.25) is 15.9 Å². The molecule has 1 amide bonds. The van der Waals surface area contributed by atoms with Crippen molar-refractivity contribution in [2.24, 2.45) is 16.7 Å². The van der Waals surface area contributed by atoms with Crippen molar-refractivity contribution in [3.05, 3.63) is 76.8 Å². The minimum Gasteiger partial charge on any atom is -0.382 e. The zero-order valence-corrected chi connectivity index (χ0v) is 18.7. The van der Waals surface area contributed by atoms with Crippen LogP contribution in [0.15, 0.2) is 70.7 Å². The average molecular weight is 472 g/mol. The molecule has 166 valence electrons. The fraction of sp³-hybridized carbons (Fsp3) is 0.182. The predicted molar refractivity (Wildman–Crippen MR) is 124 cm³/mol. The van der Waals surface area contributed by atoms with Crippen LogP contribution in [0.25, 0.3) is 10.8 Å². The topological polar surface area (TPSA) is 122 Å². The van der Waals surface area contributed by atoms with E-state index in [1.165, 1.54) is 4.31 Å². The molecule has 1 aliphatic heterocycles. The number of carbonyl (C=O) groups is 1. The van der Waals surface area contributed by atoms with Crippen LogP contribution < -0.4 is 11.6 Å². The van der Waals surface area contributed by atoms with Gasteiger partial charge in [-0.1, -0.05) is 48.0 Å². The first kappa shape index (κ1) is 22.1. The molecule has 0 atom stereocenters. The van der Waals surface area contributed by atoms with Crippen LogP contribution in [0.1, 0.15) is 11.1 Å². The molecule has 1 heterocycles. The standard InChI is InChI=1S/C22H22ClN5O3S/c23-19-7-5-18-12-20(8-6-17(18)11-19)32(30,31)28-10-9-27(21(29)14-28)13-15-1-3-16(4-2-15)22(24)26-25/h1-8,11-12H,9-10,13-14,25H2,(H2,24,26). The fourth-order valence-electron chi connectivity index (χ4n) is 3.64. The van der Waals surface area contributed by atoms with E-state index in [1.807, 2.05) is 12.1 Å². The molecule has 1 aliphatic rings. The van der Waals surface area contributed by atoms with E-state index >= 15 is 0 Å². The lowest BCUT2D eigenvalue weighted by Crippen LogP contribution is -2.51. The molecule has 0 spiro atoms. The zero-order chi connectivity index (χ0) is 22.9. The van der Waals surface area contributed by atoms with Crippen molar-refractivity contribution < 1.29 is 13.2 Å². The molecule has 1 fully saturated rings. The highest BCUT2D eigenvalue weighted by atomic mass is 35.5. The van der Waals surface area contributed by atoms with Gasteiger partial charge in [-0.15, -0.1) is 0 Å². The van der Waals surface area contributed by atoms with Crippen molar-refractivity contribution in [3.63, 3.8) is 0 Å². The highest BCUT2D eigenvalue weighted by Crippen LogP contribution is 2.25. The Hall–Kier alpha value is -3.14. The molecular formula is C22H22ClN5O3S. The molecule has 0 radical (unpaired) electrons. The van der Waals surface area contributed by atoms with Gasteiger partial charge in [-0.2, -0.15) is 9.41 Å². The molecular weight excluding hydrogens is 450 g/mol. The Morgan fingerprint density at radius 1 is 1.00 bits per heavy atom. The van der Waals surface area contributed by atoms with Crippen molar-refractivity contribution >= 4 is 44.1 Å². The first-order chi connectivity index (χ1) is 15.3. The number of hydrogen-bond acceptors (Lipinski definition) is 5. The summed E-state index contributed by atoms with van der Waals surface area (Å²) in [6.45, 7) is 0.697. The van der Waals surface area contributed by atoms with Gasteiger partial charge < -0.3 is 16.5 Å². The van der Waals surface area contributed by atoms with Crippen LogP contribution in [0, 0.1) is 0 Å². The second-order valence-electron chi connectivity index (χ2n) is 7.52. The number of nitrogens with zero attached hydrogens (tertiary/aromatic N) is 3. The van der Waals surface area contributed by atoms with Crippen LogP contribution in [0.3, 0.4) is 0 Å². The van der Waals surface area contributed by atoms with Crippen molar-refractivity contribution in [1.82, 2.24) is 9.21 Å². The maximum atomic E-state index is 13.1. The molecule has 0 aliphatic carbocycles. The van der Waals surface area contributed by atoms with E-state index in [2.05, 4.69) is 5.10 Å². The van der Waals surface area contributed by atoms with Crippen molar-refractivity contribution in [1.29, 1.82) is 0 Å². The summed E-state index contributed by atoms with van der Waals surface area (Å²) in [7, 11) is -3.80. The van der Waals surface area contributed by atoms with Gasteiger partial charge in [0.15, 0.2) is 0 Å². The quantitative estimate of drug-likeness (QED) is 0.255. The third-order valence-electron chi connectivity index (χ3n) is 5.46. The largest absolute Gasteiger partial charge is 0.382 e. The van der Waals surface area contributed by atoms with E-state index in [4.69, 9.17) is 23.2 Å². The van der Waals surface area contributed by atoms with Gasteiger partial charge in [-0.05, 0) is 40.6 Å². The number of nitrogens with two attached hydrogens (primary N) is 2. The Morgan fingerprint density at radius 3 is 2.38 bits per heavy atom. The molecule has 0 unspecified atom stereocenters. The molecule has 0 aromatic heterocycles. The molecule has 4 N–H and O–H groups in total. The number of fused-ring (bicyclic) bond motifs is 1. The molecule has 10 heteroatoms. The fourth-order valence-corrected chi connectivity index (χ4v) is 5.24. The van der Waals surface area contributed by atoms with Crippen LogP contribution >= 0.6 is 11.6 Å². The summed E-state index contributed by atoms with van der Waals surface area (Å²) in [5, 5.41) is 5.66. The molecule has 3 aromatic carbocycles. The Balaban J connectivity index is 1.46. The van der Waals surface area contributed by atoms with Gasteiger partial charge in [0, 0.05) is 30.2 Å². The molecule has 1 saturated heterocycles. The van der Waals surface area contributed by atoms with E-state index in [-0.39, 0.29) is 29.7 Å². The Labute approximate surface area is 191 Å². The molecule has 0 saturated carbocycles. The summed E-state index contributed by atoms with van der Waals surface area (Å²) in [6, 6.07) is 17.4. The number of piperazine rings is 1. The predicted octanol–water partition coefficient (Wildman–Crippen LogP) is 2.11. The number of amides is 1. The first-order valence-electron chi connectivity index (χ1n) is 9.88. The minimum atomic E-state index is -3.80. The Bertz CT molecular complexity index is 1310. The summed E-state index contributed by atoms with van der Waals surface area (Å²) in [6.07, 6.45) is 0. The lowest BCUT2D eigenvalue weighted by molar-refractivity contribution is -0.134. The highest BCUT2D eigenvalue weighted by Gasteiger charge is 2.32. The molecule has 8 nitrogen and oxygen atoms in total. The number of halogens is 1. The number of hydrazone groups is 1. The summed E-state index contributed by atoms with van der Waals surface area (Å²) in [5.74, 6) is 5.16. The number of rotatable bonds is 5. The van der Waals surface area contributed by atoms with Crippen molar-refractivity contribution in [2.45, 2.75) is 11.4 Å². The number of carbonyl (C=O) groups excluding carboxylic acids is 1. The maximum Gasteiger partial charge on any atom is 0.243 e. The zero-order valence-electron chi connectivity index (χ0n) is 17.1. The number of amidine groups is 1. The third-order valence-corrected chi connectivity index (χ3v) is 7.53. The van der Waals surface area contributed by atoms with Crippen LogP contribution in [0.4, 0.5) is 0 Å². The summed E-state index contributed by atoms with van der Waals surface area (Å²) in [5.41, 5.74) is 7.27. The summed E-state index contributed by atoms with van der Waals surface area (Å²) >= 11 is 6.00. The van der Waals surface area contributed by atoms with Crippen LogP contribution in [-0.4, -0.2) is 49.0 Å². The second-order valence-corrected chi connectivity index (χ2v) is 9.89. The summed E-state index contributed by atoms with van der Waals surface area (Å²) in [4.78, 5) is 14.5. The smallest absolute Gasteiger partial charge is 0.243 e. The molecule has 0 bridgehead atoms.